The Kier molecular flexibility index (Phi) is 10.4. The van der Waals surface area contributed by atoms with Gasteiger partial charge in [0.1, 0.15) is 0 Å². The molecule has 0 unspecified atom stereocenters. The quantitative estimate of drug-likeness (QED) is 0.111. The number of rotatable bonds is 11. The van der Waals surface area contributed by atoms with Gasteiger partial charge in [-0.05, 0) is 0 Å². The van der Waals surface area contributed by atoms with Crippen LogP contribution in [0.2, 0.25) is 0 Å². The summed E-state index contributed by atoms with van der Waals surface area (Å²) in [5.41, 5.74) is -5.74. The van der Waals surface area contributed by atoms with Crippen LogP contribution in [0, 0.1) is 0 Å². The Labute approximate surface area is 236 Å². The van der Waals surface area contributed by atoms with E-state index in [9.17, 15) is 141 Å². The van der Waals surface area contributed by atoms with Crippen molar-refractivity contribution in [3.63, 3.8) is 0 Å². The van der Waals surface area contributed by atoms with Crippen molar-refractivity contribution >= 4 is 0 Å². The van der Waals surface area contributed by atoms with E-state index in [1.54, 1.807) is 0 Å². The number of nitrogens with zero attached hydrogens (tertiary/aromatic N) is 1. The molecule has 0 bridgehead atoms. The van der Waals surface area contributed by atoms with Crippen LogP contribution in [0.1, 0.15) is 0 Å². The van der Waals surface area contributed by atoms with Gasteiger partial charge >= 0.3 is 78.0 Å². The van der Waals surface area contributed by atoms with Crippen LogP contribution in [0.15, 0.2) is 11.4 Å². The number of quaternary nitrogens is 1. The molecule has 0 saturated heterocycles. The predicted molar refractivity (Wildman–Crippen MR) is 78.2 cm³/mol. The third-order valence-corrected chi connectivity index (χ3v) is 5.25. The van der Waals surface area contributed by atoms with Gasteiger partial charge in [-0.25, -0.2) is 0 Å². The van der Waals surface area contributed by atoms with Crippen molar-refractivity contribution in [2.45, 2.75) is 78.0 Å². The van der Waals surface area contributed by atoms with Crippen LogP contribution in [0.25, 0.3) is 0 Å². The Morgan fingerprint density at radius 3 is 0.729 bits per heavy atom. The molecule has 0 rings (SSSR count). The summed E-state index contributed by atoms with van der Waals surface area (Å²) in [5, 5.41) is 0. The average Bonchev–Trinajstić information content (AvgIpc) is 2.79. The molecule has 0 saturated carbocycles. The third-order valence-electron chi connectivity index (χ3n) is 5.25. The van der Waals surface area contributed by atoms with Crippen LogP contribution in [-0.4, -0.2) is 82.9 Å². The number of hydrogen-bond donors (Lipinski definition) is 0. The summed E-state index contributed by atoms with van der Waals surface area (Å²) in [6, 6.07) is -19.0. The maximum absolute atomic E-state index is 13.7. The molecule has 0 fully saturated rings. The van der Waals surface area contributed by atoms with Crippen molar-refractivity contribution < 1.29 is 146 Å². The molecule has 0 amide bonds. The van der Waals surface area contributed by atoms with E-state index in [0.717, 1.165) is 0 Å². The fourth-order valence-corrected chi connectivity index (χ4v) is 2.59. The molecule has 0 aliphatic carbocycles. The summed E-state index contributed by atoms with van der Waals surface area (Å²) >= 11 is 0. The number of hydrogen-bond acceptors (Lipinski definition) is 0. The zero-order chi connectivity index (χ0) is 40.2. The molecule has 0 heterocycles. The van der Waals surface area contributed by atoms with E-state index in [1.165, 1.54) is 0 Å². The molecule has 48 heavy (non-hydrogen) atoms. The second kappa shape index (κ2) is 11.0. The van der Waals surface area contributed by atoms with E-state index >= 15 is 0 Å². The molecular formula is C15F32N+. The smallest absolute Gasteiger partial charge is 0.197 e. The highest BCUT2D eigenvalue weighted by molar-refractivity contribution is 5.23. The second-order valence-electron chi connectivity index (χ2n) is 8.37. The number of alkyl halides is 29. The minimum Gasteiger partial charge on any atom is -0.197 e. The fraction of sp³-hybridized carbons (Fsp3) is 0.867. The molecule has 0 aliphatic rings. The lowest BCUT2D eigenvalue weighted by atomic mass is 9.87. The molecule has 0 aromatic heterocycles. The molecule has 0 spiro atoms. The Bertz CT molecular complexity index is 1200. The first-order valence-corrected chi connectivity index (χ1v) is 9.70. The molecule has 1 nitrogen and oxygen atoms in total. The SMILES string of the molecule is FC(=C(C(F)(F)F)C(F)(F)F)C(F)(F)[N+](F)(F)C(F)(F)C(F)(F)C(F)(F)C(F)(F)C(F)(F)C(F)(F)C(F)(F)C(F)(F)C(F)(F)C(F)(F)F. The Morgan fingerprint density at radius 1 is 0.312 bits per heavy atom. The van der Waals surface area contributed by atoms with Crippen molar-refractivity contribution in [2.75, 3.05) is 0 Å². The van der Waals surface area contributed by atoms with Gasteiger partial charge < -0.3 is 0 Å². The van der Waals surface area contributed by atoms with E-state index in [1.807, 2.05) is 0 Å². The van der Waals surface area contributed by atoms with Gasteiger partial charge in [0.25, 0.3) is 5.83 Å². The monoisotopic (exact) mass is 802 g/mol. The summed E-state index contributed by atoms with van der Waals surface area (Å²) < 4.78 is 418. The van der Waals surface area contributed by atoms with E-state index in [0.29, 0.717) is 0 Å². The fourth-order valence-electron chi connectivity index (χ4n) is 2.59. The van der Waals surface area contributed by atoms with Crippen molar-refractivity contribution in [3.8, 4) is 0 Å². The van der Waals surface area contributed by atoms with Gasteiger partial charge in [0.15, 0.2) is 10.5 Å². The molecule has 0 radical (unpaired) electrons. The minimum absolute atomic E-state index is 5.74. The molecule has 0 N–H and O–H groups in total. The summed E-state index contributed by atoms with van der Waals surface area (Å²) in [6.07, 6.45) is -24.1. The lowest BCUT2D eigenvalue weighted by molar-refractivity contribution is -1.27. The maximum atomic E-state index is 13.7. The summed E-state index contributed by atoms with van der Waals surface area (Å²) in [6.45, 7) is 0. The lowest BCUT2D eigenvalue weighted by Crippen LogP contribution is -2.79. The zero-order valence-corrected chi connectivity index (χ0v) is 20.0. The van der Waals surface area contributed by atoms with Crippen molar-refractivity contribution in [1.82, 2.24) is 0 Å². The van der Waals surface area contributed by atoms with E-state index in [-0.39, 0.29) is 0 Å². The van der Waals surface area contributed by atoms with E-state index in [2.05, 4.69) is 0 Å². The summed E-state index contributed by atoms with van der Waals surface area (Å²) in [5.74, 6) is -83.9. The van der Waals surface area contributed by atoms with Gasteiger partial charge in [0, 0.05) is 0 Å². The van der Waals surface area contributed by atoms with Gasteiger partial charge in [-0.1, -0.05) is 0 Å². The Hall–Kier alpha value is -2.54. The Morgan fingerprint density at radius 2 is 0.521 bits per heavy atom. The maximum Gasteiger partial charge on any atom is 0.541 e. The van der Waals surface area contributed by atoms with Crippen LogP contribution in [-0.2, 0) is 0 Å². The number of allylic oxidation sites excluding steroid dienone is 1. The first kappa shape index (κ1) is 45.5. The average molecular weight is 802 g/mol. The molecule has 0 aromatic carbocycles. The molecule has 0 aromatic rings. The van der Waals surface area contributed by atoms with Crippen molar-refractivity contribution in [2.24, 2.45) is 0 Å². The highest BCUT2D eigenvalue weighted by atomic mass is 19.5. The van der Waals surface area contributed by atoms with Crippen LogP contribution in [0.5, 0.6) is 0 Å². The Balaban J connectivity index is 7.72. The molecule has 0 atom stereocenters. The third kappa shape index (κ3) is 5.58. The van der Waals surface area contributed by atoms with Gasteiger partial charge in [0.05, 0.1) is 8.96 Å². The molecular weight excluding hydrogens is 802 g/mol. The minimum atomic E-state index is -10.1. The first-order chi connectivity index (χ1) is 20.0. The highest BCUT2D eigenvalue weighted by Gasteiger charge is 3.01. The highest BCUT2D eigenvalue weighted by Crippen LogP contribution is 2.68. The largest absolute Gasteiger partial charge is 0.541 e. The molecule has 33 heteroatoms. The first-order valence-electron chi connectivity index (χ1n) is 9.70. The summed E-state index contributed by atoms with van der Waals surface area (Å²) in [4.78, 5) is -8.63. The van der Waals surface area contributed by atoms with Gasteiger partial charge in [0.2, 0.25) is 0 Å². The van der Waals surface area contributed by atoms with Crippen LogP contribution in [0.4, 0.5) is 141 Å². The van der Waals surface area contributed by atoms with Crippen LogP contribution in [0.3, 0.4) is 0 Å². The predicted octanol–water partition coefficient (Wildman–Crippen LogP) is 10.8. The zero-order valence-electron chi connectivity index (χ0n) is 20.0. The summed E-state index contributed by atoms with van der Waals surface area (Å²) in [7, 11) is 0. The van der Waals surface area contributed by atoms with E-state index < -0.39 is 94.3 Å². The van der Waals surface area contributed by atoms with Gasteiger partial charge in [-0.2, -0.15) is 114 Å². The normalized spacial score (nSPS) is 16.8. The van der Waals surface area contributed by atoms with Crippen molar-refractivity contribution in [1.29, 1.82) is 0 Å². The van der Waals surface area contributed by atoms with Gasteiger partial charge in [-0.3, -0.25) is 0 Å². The lowest BCUT2D eigenvalue weighted by Gasteiger charge is -2.44. The topological polar surface area (TPSA) is 0 Å². The van der Waals surface area contributed by atoms with Gasteiger partial charge in [-0.15, -0.1) is 17.6 Å². The molecule has 288 valence electrons. The van der Waals surface area contributed by atoms with Crippen LogP contribution >= 0.6 is 0 Å². The van der Waals surface area contributed by atoms with Crippen molar-refractivity contribution in [3.05, 3.63) is 11.4 Å². The number of halogens is 32. The second-order valence-corrected chi connectivity index (χ2v) is 8.37. The standard InChI is InChI=1S/C15F32N/c16-2(1(3(17,18)19)4(20,21)22)5(23,24)48(46,47)15(44,45)13(39,40)11(35,36)9(31,32)7(27,28)6(25,26)8(29,30)10(33,34)12(37,38)14(41,42)43/q+1. The van der Waals surface area contributed by atoms with E-state index in [4.69, 9.17) is 0 Å². The van der Waals surface area contributed by atoms with Crippen LogP contribution < -0.4 is 0 Å². The molecule has 0 aliphatic heterocycles.